The van der Waals surface area contributed by atoms with E-state index in [2.05, 4.69) is 10.3 Å². The molecule has 0 aromatic heterocycles. The van der Waals surface area contributed by atoms with E-state index in [4.69, 9.17) is 9.47 Å². The molecule has 1 unspecified atom stereocenters. The molecule has 0 fully saturated rings. The van der Waals surface area contributed by atoms with Crippen molar-refractivity contribution in [3.63, 3.8) is 0 Å². The van der Waals surface area contributed by atoms with Gasteiger partial charge in [0.25, 0.3) is 0 Å². The molecule has 0 spiro atoms. The average Bonchev–Trinajstić information content (AvgIpc) is 2.56. The number of carbonyl (C=O) groups is 1. The van der Waals surface area contributed by atoms with Gasteiger partial charge in [0.1, 0.15) is 18.7 Å². The van der Waals surface area contributed by atoms with Crippen LogP contribution in [0.5, 0.6) is 0 Å². The molecule has 1 aliphatic rings. The summed E-state index contributed by atoms with van der Waals surface area (Å²) in [7, 11) is 1.58. The van der Waals surface area contributed by atoms with Crippen molar-refractivity contribution in [3.05, 3.63) is 47.7 Å². The molecule has 0 amide bonds. The third-order valence-electron chi connectivity index (χ3n) is 3.67. The molecule has 0 bridgehead atoms. The molecule has 1 atom stereocenters. The van der Waals surface area contributed by atoms with Crippen molar-refractivity contribution in [2.24, 2.45) is 10.4 Å². The van der Waals surface area contributed by atoms with E-state index in [1.807, 2.05) is 43.3 Å². The SMILES string of the molecule is COCCOC(=O)C(C)(Cc1ccccc1)C1=CC=NCN1. The Hall–Kier alpha value is -2.14. The van der Waals surface area contributed by atoms with Crippen molar-refractivity contribution >= 4 is 12.2 Å². The fourth-order valence-corrected chi connectivity index (χ4v) is 2.41. The molecular weight excluding hydrogens is 280 g/mol. The second-order valence-corrected chi connectivity index (χ2v) is 5.37. The van der Waals surface area contributed by atoms with Gasteiger partial charge in [-0.1, -0.05) is 30.3 Å². The monoisotopic (exact) mass is 302 g/mol. The molecule has 1 heterocycles. The molecule has 0 aliphatic carbocycles. The summed E-state index contributed by atoms with van der Waals surface area (Å²) in [5.74, 6) is -0.262. The maximum atomic E-state index is 12.6. The fraction of sp³-hybridized carbons (Fsp3) is 0.412. The van der Waals surface area contributed by atoms with Gasteiger partial charge in [0.15, 0.2) is 0 Å². The van der Waals surface area contributed by atoms with Crippen molar-refractivity contribution in [2.75, 3.05) is 27.0 Å². The highest BCUT2D eigenvalue weighted by molar-refractivity contribution is 5.83. The number of ether oxygens (including phenoxy) is 2. The van der Waals surface area contributed by atoms with Crippen molar-refractivity contribution in [1.29, 1.82) is 0 Å². The Kier molecular flexibility index (Phi) is 5.72. The maximum absolute atomic E-state index is 12.6. The number of methoxy groups -OCH3 is 1. The number of esters is 1. The van der Waals surface area contributed by atoms with Crippen molar-refractivity contribution < 1.29 is 14.3 Å². The van der Waals surface area contributed by atoms with Gasteiger partial charge in [0.05, 0.1) is 6.61 Å². The standard InChI is InChI=1S/C17H22N2O3/c1-17(15-8-9-18-13-19-15,16(20)22-11-10-21-2)12-14-6-4-3-5-7-14/h3-9,19H,10-13H2,1-2H3. The highest BCUT2D eigenvalue weighted by Crippen LogP contribution is 2.32. The molecule has 2 rings (SSSR count). The Morgan fingerprint density at radius 1 is 1.32 bits per heavy atom. The summed E-state index contributed by atoms with van der Waals surface area (Å²) >= 11 is 0. The van der Waals surface area contributed by atoms with E-state index in [0.29, 0.717) is 19.7 Å². The fourth-order valence-electron chi connectivity index (χ4n) is 2.41. The average molecular weight is 302 g/mol. The lowest BCUT2D eigenvalue weighted by Crippen LogP contribution is -2.41. The van der Waals surface area contributed by atoms with E-state index in [0.717, 1.165) is 11.3 Å². The first-order chi connectivity index (χ1) is 10.7. The van der Waals surface area contributed by atoms with E-state index < -0.39 is 5.41 Å². The van der Waals surface area contributed by atoms with E-state index in [1.165, 1.54) is 0 Å². The normalized spacial score (nSPS) is 16.4. The summed E-state index contributed by atoms with van der Waals surface area (Å²) < 4.78 is 10.3. The van der Waals surface area contributed by atoms with Crippen LogP contribution in [0, 0.1) is 5.41 Å². The number of hydrogen-bond donors (Lipinski definition) is 1. The van der Waals surface area contributed by atoms with Crippen LogP contribution in [-0.4, -0.2) is 39.2 Å². The van der Waals surface area contributed by atoms with Crippen LogP contribution in [0.15, 0.2) is 47.1 Å². The summed E-state index contributed by atoms with van der Waals surface area (Å²) in [4.78, 5) is 16.7. The molecule has 0 saturated carbocycles. The first-order valence-electron chi connectivity index (χ1n) is 7.31. The number of carbonyl (C=O) groups excluding carboxylic acids is 1. The van der Waals surface area contributed by atoms with Gasteiger partial charge in [-0.05, 0) is 25.0 Å². The topological polar surface area (TPSA) is 59.9 Å². The van der Waals surface area contributed by atoms with E-state index in [-0.39, 0.29) is 12.6 Å². The Labute approximate surface area is 131 Å². The number of benzene rings is 1. The second kappa shape index (κ2) is 7.75. The number of nitrogens with one attached hydrogen (secondary N) is 1. The highest BCUT2D eigenvalue weighted by Gasteiger charge is 2.39. The Bertz CT molecular complexity index is 554. The molecule has 1 N–H and O–H groups in total. The summed E-state index contributed by atoms with van der Waals surface area (Å²) in [5, 5.41) is 3.18. The summed E-state index contributed by atoms with van der Waals surface area (Å²) in [6, 6.07) is 9.92. The smallest absolute Gasteiger partial charge is 0.318 e. The van der Waals surface area contributed by atoms with Gasteiger partial charge in [-0.2, -0.15) is 0 Å². The minimum atomic E-state index is -0.776. The summed E-state index contributed by atoms with van der Waals surface area (Å²) in [5.41, 5.74) is 1.13. The van der Waals surface area contributed by atoms with Crippen LogP contribution in [0.4, 0.5) is 0 Å². The molecule has 5 heteroatoms. The van der Waals surface area contributed by atoms with Crippen LogP contribution < -0.4 is 5.32 Å². The summed E-state index contributed by atoms with van der Waals surface area (Å²) in [6.45, 7) is 3.01. The molecule has 5 nitrogen and oxygen atoms in total. The second-order valence-electron chi connectivity index (χ2n) is 5.37. The van der Waals surface area contributed by atoms with Crippen LogP contribution in [0.25, 0.3) is 0 Å². The maximum Gasteiger partial charge on any atom is 0.318 e. The van der Waals surface area contributed by atoms with Gasteiger partial charge >= 0.3 is 5.97 Å². The number of allylic oxidation sites excluding steroid dienone is 1. The van der Waals surface area contributed by atoms with Gasteiger partial charge in [-0.25, -0.2) is 0 Å². The third-order valence-corrected chi connectivity index (χ3v) is 3.67. The van der Waals surface area contributed by atoms with Crippen LogP contribution >= 0.6 is 0 Å². The Morgan fingerprint density at radius 3 is 2.73 bits per heavy atom. The zero-order valence-electron chi connectivity index (χ0n) is 13.0. The third kappa shape index (κ3) is 3.95. The van der Waals surface area contributed by atoms with Crippen LogP contribution in [-0.2, 0) is 20.7 Å². The quantitative estimate of drug-likeness (QED) is 0.618. The van der Waals surface area contributed by atoms with Gasteiger partial charge in [0, 0.05) is 19.0 Å². The lowest BCUT2D eigenvalue weighted by Gasteiger charge is -2.31. The first-order valence-corrected chi connectivity index (χ1v) is 7.31. The molecular formula is C17H22N2O3. The lowest BCUT2D eigenvalue weighted by molar-refractivity contribution is -0.154. The molecule has 118 valence electrons. The number of rotatable bonds is 7. The van der Waals surface area contributed by atoms with Crippen LogP contribution in [0.3, 0.4) is 0 Å². The molecule has 1 aliphatic heterocycles. The van der Waals surface area contributed by atoms with Gasteiger partial charge in [0.2, 0.25) is 0 Å². The largest absolute Gasteiger partial charge is 0.463 e. The molecule has 0 radical (unpaired) electrons. The summed E-state index contributed by atoms with van der Waals surface area (Å²) in [6.07, 6.45) is 4.12. The highest BCUT2D eigenvalue weighted by atomic mass is 16.6. The lowest BCUT2D eigenvalue weighted by atomic mass is 9.80. The van der Waals surface area contributed by atoms with E-state index >= 15 is 0 Å². The zero-order chi connectivity index (χ0) is 15.8. The Morgan fingerprint density at radius 2 is 2.09 bits per heavy atom. The molecule has 22 heavy (non-hydrogen) atoms. The van der Waals surface area contributed by atoms with Crippen molar-refractivity contribution in [2.45, 2.75) is 13.3 Å². The molecule has 1 aromatic carbocycles. The van der Waals surface area contributed by atoms with E-state index in [1.54, 1.807) is 13.3 Å². The molecule has 0 saturated heterocycles. The van der Waals surface area contributed by atoms with Gasteiger partial charge < -0.3 is 14.8 Å². The first kappa shape index (κ1) is 16.2. The van der Waals surface area contributed by atoms with Crippen LogP contribution in [0.2, 0.25) is 0 Å². The molecule has 1 aromatic rings. The van der Waals surface area contributed by atoms with Crippen molar-refractivity contribution in [3.8, 4) is 0 Å². The zero-order valence-corrected chi connectivity index (χ0v) is 13.0. The van der Waals surface area contributed by atoms with Crippen molar-refractivity contribution in [1.82, 2.24) is 5.32 Å². The van der Waals surface area contributed by atoms with Crippen LogP contribution in [0.1, 0.15) is 12.5 Å². The number of aliphatic imine (C=N–C) groups is 1. The minimum absolute atomic E-state index is 0.251. The predicted octanol–water partition coefficient (Wildman–Crippen LogP) is 1.94. The Balaban J connectivity index is 2.21. The van der Waals surface area contributed by atoms with Gasteiger partial charge in [-0.15, -0.1) is 0 Å². The number of hydrogen-bond acceptors (Lipinski definition) is 5. The minimum Gasteiger partial charge on any atom is -0.463 e. The number of nitrogens with zero attached hydrogens (tertiary/aromatic N) is 1. The van der Waals surface area contributed by atoms with E-state index in [9.17, 15) is 4.79 Å². The predicted molar refractivity (Wildman–Crippen MR) is 85.7 cm³/mol. The van der Waals surface area contributed by atoms with Gasteiger partial charge in [-0.3, -0.25) is 9.79 Å².